The molecule has 0 aliphatic rings. The molecule has 0 spiro atoms. The highest BCUT2D eigenvalue weighted by Crippen LogP contribution is 2.38. The average Bonchev–Trinajstić information content (AvgIpc) is 2.90. The third-order valence-corrected chi connectivity index (χ3v) is 4.64. The van der Waals surface area contributed by atoms with E-state index in [2.05, 4.69) is 0 Å². The van der Waals surface area contributed by atoms with Gasteiger partial charge in [0.1, 0.15) is 5.25 Å². The van der Waals surface area contributed by atoms with E-state index in [9.17, 15) is 4.79 Å². The van der Waals surface area contributed by atoms with Crippen LogP contribution in [-0.2, 0) is 9.53 Å². The number of hydrogen-bond acceptors (Lipinski definition) is 4. The number of esters is 1. The van der Waals surface area contributed by atoms with Crippen molar-refractivity contribution in [1.82, 2.24) is 0 Å². The molecule has 2 rings (SSSR count). The fourth-order valence-corrected chi connectivity index (χ4v) is 3.52. The summed E-state index contributed by atoms with van der Waals surface area (Å²) in [6, 6.07) is 13.8. The quantitative estimate of drug-likeness (QED) is 0.607. The first-order valence-electron chi connectivity index (χ1n) is 5.73. The molecular formula is C14H14O2S2. The molecule has 2 aromatic rings. The van der Waals surface area contributed by atoms with Crippen LogP contribution in [0, 0.1) is 0 Å². The summed E-state index contributed by atoms with van der Waals surface area (Å²) in [6.07, 6.45) is 0. The molecule has 0 fully saturated rings. The molecule has 0 saturated heterocycles. The molecule has 0 bridgehead atoms. The first-order valence-corrected chi connectivity index (χ1v) is 7.49. The van der Waals surface area contributed by atoms with Crippen LogP contribution in [0.2, 0.25) is 0 Å². The SMILES string of the molecule is CCOC(=O)C(Sc1cccs1)c1ccccc1. The molecule has 18 heavy (non-hydrogen) atoms. The second kappa shape index (κ2) is 6.61. The minimum Gasteiger partial charge on any atom is -0.465 e. The van der Waals surface area contributed by atoms with Gasteiger partial charge in [-0.1, -0.05) is 48.2 Å². The van der Waals surface area contributed by atoms with Crippen LogP contribution in [0.3, 0.4) is 0 Å². The summed E-state index contributed by atoms with van der Waals surface area (Å²) >= 11 is 3.18. The van der Waals surface area contributed by atoms with Gasteiger partial charge < -0.3 is 4.74 Å². The van der Waals surface area contributed by atoms with Gasteiger partial charge in [-0.25, -0.2) is 0 Å². The Morgan fingerprint density at radius 2 is 2.06 bits per heavy atom. The van der Waals surface area contributed by atoms with Crippen molar-refractivity contribution in [3.05, 3.63) is 53.4 Å². The number of benzene rings is 1. The Morgan fingerprint density at radius 3 is 2.67 bits per heavy atom. The van der Waals surface area contributed by atoms with Crippen molar-refractivity contribution in [1.29, 1.82) is 0 Å². The lowest BCUT2D eigenvalue weighted by atomic mass is 10.1. The van der Waals surface area contributed by atoms with Crippen molar-refractivity contribution < 1.29 is 9.53 Å². The van der Waals surface area contributed by atoms with Crippen LogP contribution in [-0.4, -0.2) is 12.6 Å². The van der Waals surface area contributed by atoms with Gasteiger partial charge in [0.15, 0.2) is 0 Å². The molecule has 1 aromatic carbocycles. The molecule has 0 saturated carbocycles. The molecule has 2 nitrogen and oxygen atoms in total. The van der Waals surface area contributed by atoms with Gasteiger partial charge in [-0.05, 0) is 23.9 Å². The lowest BCUT2D eigenvalue weighted by Crippen LogP contribution is -2.12. The first kappa shape index (κ1) is 13.2. The van der Waals surface area contributed by atoms with E-state index < -0.39 is 0 Å². The van der Waals surface area contributed by atoms with Gasteiger partial charge in [0.2, 0.25) is 0 Å². The van der Waals surface area contributed by atoms with Crippen molar-refractivity contribution in [2.24, 2.45) is 0 Å². The number of thiophene rings is 1. The van der Waals surface area contributed by atoms with E-state index in [4.69, 9.17) is 4.74 Å². The second-order valence-corrected chi connectivity index (χ2v) is 5.95. The van der Waals surface area contributed by atoms with Crippen LogP contribution >= 0.6 is 23.1 Å². The summed E-state index contributed by atoms with van der Waals surface area (Å²) in [5.41, 5.74) is 0.981. The fraction of sp³-hybridized carbons (Fsp3) is 0.214. The molecule has 0 N–H and O–H groups in total. The lowest BCUT2D eigenvalue weighted by Gasteiger charge is -2.14. The molecule has 0 aliphatic carbocycles. The fourth-order valence-electron chi connectivity index (χ4n) is 1.54. The first-order chi connectivity index (χ1) is 8.81. The van der Waals surface area contributed by atoms with E-state index in [1.165, 1.54) is 0 Å². The Morgan fingerprint density at radius 1 is 1.28 bits per heavy atom. The molecule has 1 unspecified atom stereocenters. The highest BCUT2D eigenvalue weighted by atomic mass is 32.2. The van der Waals surface area contributed by atoms with E-state index in [1.807, 2.05) is 54.8 Å². The number of hydrogen-bond donors (Lipinski definition) is 0. The van der Waals surface area contributed by atoms with Crippen molar-refractivity contribution in [3.63, 3.8) is 0 Å². The van der Waals surface area contributed by atoms with Gasteiger partial charge in [0, 0.05) is 0 Å². The normalized spacial score (nSPS) is 12.1. The number of ether oxygens (including phenoxy) is 1. The average molecular weight is 278 g/mol. The number of rotatable bonds is 5. The Balaban J connectivity index is 2.20. The smallest absolute Gasteiger partial charge is 0.323 e. The van der Waals surface area contributed by atoms with Crippen molar-refractivity contribution in [2.75, 3.05) is 6.61 Å². The highest BCUT2D eigenvalue weighted by Gasteiger charge is 2.23. The zero-order valence-electron chi connectivity index (χ0n) is 10.0. The molecule has 0 amide bonds. The van der Waals surface area contributed by atoms with Crippen LogP contribution in [0.15, 0.2) is 52.1 Å². The van der Waals surface area contributed by atoms with Crippen molar-refractivity contribution >= 4 is 29.1 Å². The lowest BCUT2D eigenvalue weighted by molar-refractivity contribution is -0.142. The topological polar surface area (TPSA) is 26.3 Å². The second-order valence-electron chi connectivity index (χ2n) is 3.59. The summed E-state index contributed by atoms with van der Waals surface area (Å²) in [5, 5.41) is 1.72. The number of carbonyl (C=O) groups excluding carboxylic acids is 1. The largest absolute Gasteiger partial charge is 0.465 e. The van der Waals surface area contributed by atoms with Gasteiger partial charge in [0.25, 0.3) is 0 Å². The third-order valence-electron chi connectivity index (χ3n) is 2.33. The van der Waals surface area contributed by atoms with E-state index in [0.29, 0.717) is 6.61 Å². The molecule has 1 atom stereocenters. The zero-order chi connectivity index (χ0) is 12.8. The number of thioether (sulfide) groups is 1. The standard InChI is InChI=1S/C14H14O2S2/c1-2-16-14(15)13(11-7-4-3-5-8-11)18-12-9-6-10-17-12/h3-10,13H,2H2,1H3. The van der Waals surface area contributed by atoms with E-state index in [1.54, 1.807) is 23.1 Å². The molecule has 1 heterocycles. The molecule has 94 valence electrons. The molecule has 0 aliphatic heterocycles. The zero-order valence-corrected chi connectivity index (χ0v) is 11.7. The van der Waals surface area contributed by atoms with Crippen molar-refractivity contribution in [2.45, 2.75) is 16.4 Å². The van der Waals surface area contributed by atoms with Crippen LogP contribution < -0.4 is 0 Å². The van der Waals surface area contributed by atoms with E-state index in [0.717, 1.165) is 9.77 Å². The summed E-state index contributed by atoms with van der Waals surface area (Å²) < 4.78 is 6.27. The van der Waals surface area contributed by atoms with Crippen molar-refractivity contribution in [3.8, 4) is 0 Å². The molecule has 0 radical (unpaired) electrons. The number of carbonyl (C=O) groups is 1. The van der Waals surface area contributed by atoms with Gasteiger partial charge in [0.05, 0.1) is 10.8 Å². The van der Waals surface area contributed by atoms with Gasteiger partial charge in [-0.2, -0.15) is 0 Å². The molecule has 1 aromatic heterocycles. The Hall–Kier alpha value is -1.26. The van der Waals surface area contributed by atoms with Crippen LogP contribution in [0.1, 0.15) is 17.7 Å². The van der Waals surface area contributed by atoms with Gasteiger partial charge >= 0.3 is 5.97 Å². The predicted octanol–water partition coefficient (Wildman–Crippen LogP) is 4.14. The van der Waals surface area contributed by atoms with E-state index >= 15 is 0 Å². The Bertz CT molecular complexity index is 480. The monoisotopic (exact) mass is 278 g/mol. The third kappa shape index (κ3) is 3.37. The Labute approximate surface area is 115 Å². The summed E-state index contributed by atoms with van der Waals surface area (Å²) in [7, 11) is 0. The summed E-state index contributed by atoms with van der Waals surface area (Å²) in [5.74, 6) is -0.179. The van der Waals surface area contributed by atoms with E-state index in [-0.39, 0.29) is 11.2 Å². The predicted molar refractivity (Wildman–Crippen MR) is 76.0 cm³/mol. The maximum absolute atomic E-state index is 12.0. The minimum absolute atomic E-state index is 0.179. The van der Waals surface area contributed by atoms with Crippen LogP contribution in [0.4, 0.5) is 0 Å². The minimum atomic E-state index is -0.287. The van der Waals surface area contributed by atoms with Gasteiger partial charge in [-0.3, -0.25) is 4.79 Å². The summed E-state index contributed by atoms with van der Waals surface area (Å²) in [4.78, 5) is 12.0. The molecular weight excluding hydrogens is 264 g/mol. The maximum atomic E-state index is 12.0. The van der Waals surface area contributed by atoms with Crippen LogP contribution in [0.5, 0.6) is 0 Å². The highest BCUT2D eigenvalue weighted by molar-refractivity contribution is 8.02. The maximum Gasteiger partial charge on any atom is 0.323 e. The van der Waals surface area contributed by atoms with Crippen LogP contribution in [0.25, 0.3) is 0 Å². The Kier molecular flexibility index (Phi) is 4.84. The molecule has 4 heteroatoms. The van der Waals surface area contributed by atoms with Gasteiger partial charge in [-0.15, -0.1) is 11.3 Å². The summed E-state index contributed by atoms with van der Waals surface area (Å²) in [6.45, 7) is 2.24.